The van der Waals surface area contributed by atoms with Crippen LogP contribution in [0.1, 0.15) is 21.5 Å². The normalized spacial score (nSPS) is 13.9. The van der Waals surface area contributed by atoms with E-state index >= 15 is 0 Å². The Morgan fingerprint density at radius 3 is 1.68 bits per heavy atom. The molecule has 0 bridgehead atoms. The molecule has 2 rings (SSSR count). The summed E-state index contributed by atoms with van der Waals surface area (Å²) in [6, 6.07) is 7.14. The lowest BCUT2D eigenvalue weighted by Gasteiger charge is -2.40. The highest BCUT2D eigenvalue weighted by Crippen LogP contribution is 2.62. The Kier molecular flexibility index (Phi) is 7.79. The molecule has 0 unspecified atom stereocenters. The first-order valence-electron chi connectivity index (χ1n) is 9.63. The van der Waals surface area contributed by atoms with Crippen LogP contribution in [0.5, 0.6) is 5.75 Å². The van der Waals surface area contributed by atoms with E-state index in [4.69, 9.17) is 4.74 Å². The minimum absolute atomic E-state index is 0.0771. The second-order valence-corrected chi connectivity index (χ2v) is 7.45. The molecule has 37 heavy (non-hydrogen) atoms. The Hall–Kier alpha value is -3.20. The van der Waals surface area contributed by atoms with Gasteiger partial charge in [-0.2, -0.15) is 57.1 Å². The van der Waals surface area contributed by atoms with Gasteiger partial charge in [-0.15, -0.1) is 0 Å². The molecule has 0 fully saturated rings. The van der Waals surface area contributed by atoms with E-state index in [-0.39, 0.29) is 6.07 Å². The van der Waals surface area contributed by atoms with Crippen molar-refractivity contribution in [2.24, 2.45) is 0 Å². The van der Waals surface area contributed by atoms with E-state index in [2.05, 4.69) is 0 Å². The highest BCUT2D eigenvalue weighted by atomic mass is 19.4. The molecule has 206 valence electrons. The predicted molar refractivity (Wildman–Crippen MR) is 100 cm³/mol. The number of hydrogen-bond donors (Lipinski definition) is 1. The van der Waals surface area contributed by atoms with Gasteiger partial charge in [0.1, 0.15) is 5.75 Å². The number of carbonyl (C=O) groups is 1. The lowest BCUT2D eigenvalue weighted by molar-refractivity contribution is -0.441. The summed E-state index contributed by atoms with van der Waals surface area (Å²) in [5, 5.41) is 1.97. The quantitative estimate of drug-likeness (QED) is 0.343. The molecule has 0 heterocycles. The van der Waals surface area contributed by atoms with Gasteiger partial charge in [0, 0.05) is 17.7 Å². The molecule has 0 aliphatic heterocycles. The van der Waals surface area contributed by atoms with Crippen molar-refractivity contribution < 1.29 is 66.6 Å². The molecular weight excluding hydrogens is 545 g/mol. The van der Waals surface area contributed by atoms with Gasteiger partial charge >= 0.3 is 35.8 Å². The SMILES string of the molecule is COc1ccc(CNC(=O)c2ccccc2C(F)(F)C(F)(F)C(F)(F)C(F)(F)C(F)(F)C(F)(F)F)cc1. The number of ether oxygens (including phenoxy) is 1. The maximum Gasteiger partial charge on any atom is 0.460 e. The smallest absolute Gasteiger partial charge is 0.460 e. The fourth-order valence-corrected chi connectivity index (χ4v) is 2.91. The minimum atomic E-state index is -8.03. The second-order valence-electron chi connectivity index (χ2n) is 7.45. The van der Waals surface area contributed by atoms with Crippen molar-refractivity contribution in [2.75, 3.05) is 7.11 Å². The van der Waals surface area contributed by atoms with E-state index in [1.54, 1.807) is 0 Å². The Morgan fingerprint density at radius 2 is 1.19 bits per heavy atom. The molecule has 0 saturated heterocycles. The lowest BCUT2D eigenvalue weighted by atomic mass is 9.88. The van der Waals surface area contributed by atoms with Crippen molar-refractivity contribution in [3.8, 4) is 5.75 Å². The summed E-state index contributed by atoms with van der Waals surface area (Å²) in [5.74, 6) is -39.2. The Bertz CT molecular complexity index is 1110. The van der Waals surface area contributed by atoms with Gasteiger partial charge < -0.3 is 10.1 Å². The van der Waals surface area contributed by atoms with Gasteiger partial charge in [-0.05, 0) is 23.8 Å². The molecule has 0 aliphatic rings. The number of alkyl halides is 13. The minimum Gasteiger partial charge on any atom is -0.497 e. The average molecular weight is 559 g/mol. The van der Waals surface area contributed by atoms with Crippen molar-refractivity contribution in [2.45, 2.75) is 42.3 Å². The highest BCUT2D eigenvalue weighted by Gasteiger charge is 2.91. The van der Waals surface area contributed by atoms with Gasteiger partial charge in [-0.1, -0.05) is 30.3 Å². The fourth-order valence-electron chi connectivity index (χ4n) is 2.91. The molecule has 0 saturated carbocycles. The van der Waals surface area contributed by atoms with E-state index in [0.717, 1.165) is 6.07 Å². The summed E-state index contributed by atoms with van der Waals surface area (Å²) in [6.07, 6.45) is -7.51. The average Bonchev–Trinajstić information content (AvgIpc) is 2.81. The number of carbonyl (C=O) groups excluding carboxylic acids is 1. The Morgan fingerprint density at radius 1 is 0.703 bits per heavy atom. The van der Waals surface area contributed by atoms with Crippen molar-refractivity contribution in [1.29, 1.82) is 0 Å². The van der Waals surface area contributed by atoms with Gasteiger partial charge in [0.15, 0.2) is 0 Å². The third-order valence-electron chi connectivity index (χ3n) is 5.06. The number of hydrogen-bond acceptors (Lipinski definition) is 2. The zero-order valence-corrected chi connectivity index (χ0v) is 18.1. The summed E-state index contributed by atoms with van der Waals surface area (Å²) < 4.78 is 180. The molecule has 1 amide bonds. The van der Waals surface area contributed by atoms with Crippen molar-refractivity contribution in [3.05, 3.63) is 65.2 Å². The van der Waals surface area contributed by atoms with E-state index < -0.39 is 59.4 Å². The van der Waals surface area contributed by atoms with E-state index in [1.165, 1.54) is 31.4 Å². The monoisotopic (exact) mass is 559 g/mol. The van der Waals surface area contributed by atoms with Crippen LogP contribution in [0.4, 0.5) is 57.1 Å². The molecule has 0 aromatic heterocycles. The van der Waals surface area contributed by atoms with Crippen LogP contribution >= 0.6 is 0 Å². The molecule has 3 nitrogen and oxygen atoms in total. The van der Waals surface area contributed by atoms with Crippen molar-refractivity contribution in [1.82, 2.24) is 5.32 Å². The molecule has 2 aromatic carbocycles. The van der Waals surface area contributed by atoms with Crippen LogP contribution in [0.25, 0.3) is 0 Å². The summed E-state index contributed by atoms with van der Waals surface area (Å²) in [4.78, 5) is 12.4. The molecule has 16 heteroatoms. The first-order chi connectivity index (χ1) is 16.7. The van der Waals surface area contributed by atoms with Gasteiger partial charge in [-0.25, -0.2) is 0 Å². The van der Waals surface area contributed by atoms with Crippen LogP contribution < -0.4 is 10.1 Å². The summed E-state index contributed by atoms with van der Waals surface area (Å²) in [5.41, 5.74) is -3.51. The standard InChI is InChI=1S/C21H14F13NO2/c1-37-12-8-6-11(7-9-12)10-35-15(36)13-4-2-3-5-14(13)16(22,23)17(24,25)18(26,27)19(28,29)20(30,31)21(32,33)34/h2-9H,10H2,1H3,(H,35,36). The first-order valence-corrected chi connectivity index (χ1v) is 9.63. The molecule has 2 aromatic rings. The predicted octanol–water partition coefficient (Wildman–Crippen LogP) is 6.82. The van der Waals surface area contributed by atoms with E-state index in [1.807, 2.05) is 5.32 Å². The number of halogens is 13. The molecule has 1 N–H and O–H groups in total. The van der Waals surface area contributed by atoms with Crippen LogP contribution in [-0.4, -0.2) is 42.9 Å². The summed E-state index contributed by atoms with van der Waals surface area (Å²) in [6.45, 7) is -0.453. The van der Waals surface area contributed by atoms with Gasteiger partial charge in [0.2, 0.25) is 0 Å². The highest BCUT2D eigenvalue weighted by molar-refractivity contribution is 5.96. The van der Waals surface area contributed by atoms with Crippen molar-refractivity contribution in [3.63, 3.8) is 0 Å². The molecule has 0 spiro atoms. The maximum absolute atomic E-state index is 14.6. The molecular formula is C21H14F13NO2. The lowest BCUT2D eigenvalue weighted by Crippen LogP contribution is -2.69. The largest absolute Gasteiger partial charge is 0.497 e. The van der Waals surface area contributed by atoms with E-state index in [9.17, 15) is 61.9 Å². The number of rotatable bonds is 9. The zero-order chi connectivity index (χ0) is 28.7. The number of benzene rings is 2. The third kappa shape index (κ3) is 4.89. The number of nitrogens with one attached hydrogen (secondary N) is 1. The van der Waals surface area contributed by atoms with Crippen LogP contribution in [0.15, 0.2) is 48.5 Å². The van der Waals surface area contributed by atoms with Crippen LogP contribution in [0.2, 0.25) is 0 Å². The first kappa shape index (κ1) is 30.0. The van der Waals surface area contributed by atoms with Gasteiger partial charge in [-0.3, -0.25) is 4.79 Å². The van der Waals surface area contributed by atoms with Gasteiger partial charge in [0.25, 0.3) is 5.91 Å². The van der Waals surface area contributed by atoms with Crippen molar-refractivity contribution >= 4 is 5.91 Å². The Labute approximate surface area is 199 Å². The summed E-state index contributed by atoms with van der Waals surface area (Å²) >= 11 is 0. The second kappa shape index (κ2) is 9.59. The Balaban J connectivity index is 2.47. The van der Waals surface area contributed by atoms with Gasteiger partial charge in [0.05, 0.1) is 7.11 Å². The number of methoxy groups -OCH3 is 1. The van der Waals surface area contributed by atoms with E-state index in [0.29, 0.717) is 23.4 Å². The van der Waals surface area contributed by atoms with Crippen LogP contribution in [-0.2, 0) is 12.5 Å². The maximum atomic E-state index is 14.6. The fraction of sp³-hybridized carbons (Fsp3) is 0.381. The zero-order valence-electron chi connectivity index (χ0n) is 18.1. The molecule has 0 radical (unpaired) electrons. The van der Waals surface area contributed by atoms with Crippen LogP contribution in [0, 0.1) is 0 Å². The van der Waals surface area contributed by atoms with Crippen LogP contribution in [0.3, 0.4) is 0 Å². The molecule has 0 atom stereocenters. The summed E-state index contributed by atoms with van der Waals surface area (Å²) in [7, 11) is 1.33. The molecule has 0 aliphatic carbocycles. The number of amides is 1. The topological polar surface area (TPSA) is 38.3 Å². The third-order valence-corrected chi connectivity index (χ3v) is 5.06.